The highest BCUT2D eigenvalue weighted by Crippen LogP contribution is 2.70. The molecule has 2 heterocycles. The van der Waals surface area contributed by atoms with Crippen molar-refractivity contribution in [3.05, 3.63) is 23.8 Å². The zero-order chi connectivity index (χ0) is 31.9. The van der Waals surface area contributed by atoms with Crippen LogP contribution in [-0.4, -0.2) is 84.8 Å². The summed E-state index contributed by atoms with van der Waals surface area (Å²) in [5.41, 5.74) is -2.59. The van der Waals surface area contributed by atoms with E-state index in [1.807, 2.05) is 6.92 Å². The third-order valence-electron chi connectivity index (χ3n) is 9.96. The van der Waals surface area contributed by atoms with Crippen LogP contribution in [0, 0.1) is 22.7 Å². The Hall–Kier alpha value is -3.25. The lowest BCUT2D eigenvalue weighted by atomic mass is 9.41. The van der Waals surface area contributed by atoms with Crippen LogP contribution in [0.4, 0.5) is 0 Å². The Morgan fingerprint density at radius 2 is 1.67 bits per heavy atom. The minimum atomic E-state index is -1.34. The monoisotopic (exact) mass is 606 g/mol. The predicted molar refractivity (Wildman–Crippen MR) is 148 cm³/mol. The van der Waals surface area contributed by atoms with E-state index in [2.05, 4.69) is 13.5 Å². The summed E-state index contributed by atoms with van der Waals surface area (Å²) in [5.74, 6) is -3.71. The molecule has 2 saturated carbocycles. The summed E-state index contributed by atoms with van der Waals surface area (Å²) in [6.45, 7) is 12.9. The molecule has 4 rings (SSSR count). The number of fused-ring (bicyclic) bond motifs is 2. The van der Waals surface area contributed by atoms with Crippen molar-refractivity contribution in [2.24, 2.45) is 22.7 Å². The third-order valence-corrected chi connectivity index (χ3v) is 9.96. The number of ether oxygens (including phenoxy) is 6. The average molecular weight is 607 g/mol. The predicted octanol–water partition coefficient (Wildman–Crippen LogP) is 2.35. The van der Waals surface area contributed by atoms with Gasteiger partial charge in [0.15, 0.2) is 0 Å². The first-order valence-corrected chi connectivity index (χ1v) is 14.6. The van der Waals surface area contributed by atoms with Gasteiger partial charge in [0.1, 0.15) is 37.1 Å². The number of carbonyl (C=O) groups is 5. The van der Waals surface area contributed by atoms with E-state index >= 15 is 0 Å². The molecule has 238 valence electrons. The second-order valence-electron chi connectivity index (χ2n) is 12.6. The Morgan fingerprint density at radius 1 is 1.07 bits per heavy atom. The number of esters is 5. The van der Waals surface area contributed by atoms with Gasteiger partial charge in [-0.2, -0.15) is 0 Å². The summed E-state index contributed by atoms with van der Waals surface area (Å²) in [5, 5.41) is 9.99. The maximum atomic E-state index is 13.1. The molecule has 3 fully saturated rings. The van der Waals surface area contributed by atoms with Crippen molar-refractivity contribution in [3.8, 4) is 0 Å². The normalized spacial score (nSPS) is 36.9. The number of aliphatic hydroxyl groups is 1. The molecule has 0 aromatic carbocycles. The van der Waals surface area contributed by atoms with E-state index in [0.717, 1.165) is 5.57 Å². The standard InChI is InChI=1S/C31H42O12/c1-16-10-24(42-20(5)34)30(14-39-28(37)17(2)18(3)32)27(29(16,7)9-8-22-11-26(36)38-13-22)23(41-19(4)33)12-25(43-21(6)35)31(30)15-40-31/h11,16,18,23-25,27,32H,2,8-10,12-15H2,1,3-7H3/t16-,18?,23+,24+,25+,27-,29+,30-,31-/m1/s1. The lowest BCUT2D eigenvalue weighted by molar-refractivity contribution is -0.275. The molecular formula is C31H42O12. The van der Waals surface area contributed by atoms with Crippen molar-refractivity contribution < 1.29 is 57.5 Å². The van der Waals surface area contributed by atoms with Gasteiger partial charge < -0.3 is 33.5 Å². The summed E-state index contributed by atoms with van der Waals surface area (Å²) < 4.78 is 34.9. The molecule has 0 aromatic heterocycles. The molecule has 0 radical (unpaired) electrons. The van der Waals surface area contributed by atoms with Crippen LogP contribution < -0.4 is 0 Å². The van der Waals surface area contributed by atoms with Crippen LogP contribution >= 0.6 is 0 Å². The molecule has 0 aromatic rings. The number of rotatable bonds is 10. The summed E-state index contributed by atoms with van der Waals surface area (Å²) >= 11 is 0. The van der Waals surface area contributed by atoms with Gasteiger partial charge in [-0.05, 0) is 43.1 Å². The highest BCUT2D eigenvalue weighted by Gasteiger charge is 2.81. The van der Waals surface area contributed by atoms with E-state index in [-0.39, 0.29) is 37.7 Å². The maximum absolute atomic E-state index is 13.1. The fraction of sp³-hybridized carbons (Fsp3) is 0.710. The van der Waals surface area contributed by atoms with Gasteiger partial charge in [0.25, 0.3) is 0 Å². The second-order valence-corrected chi connectivity index (χ2v) is 12.6. The van der Waals surface area contributed by atoms with Gasteiger partial charge in [0, 0.05) is 39.2 Å². The van der Waals surface area contributed by atoms with Crippen LogP contribution in [0.25, 0.3) is 0 Å². The zero-order valence-corrected chi connectivity index (χ0v) is 25.6. The van der Waals surface area contributed by atoms with Crippen LogP contribution in [0.3, 0.4) is 0 Å². The summed E-state index contributed by atoms with van der Waals surface area (Å²) in [6, 6.07) is 0. The molecule has 43 heavy (non-hydrogen) atoms. The van der Waals surface area contributed by atoms with E-state index in [1.165, 1.54) is 33.8 Å². The van der Waals surface area contributed by atoms with Gasteiger partial charge in [-0.25, -0.2) is 9.59 Å². The average Bonchev–Trinajstić information content (AvgIpc) is 3.60. The van der Waals surface area contributed by atoms with E-state index in [9.17, 15) is 29.1 Å². The highest BCUT2D eigenvalue weighted by atomic mass is 16.6. The largest absolute Gasteiger partial charge is 0.462 e. The number of hydrogen-bond acceptors (Lipinski definition) is 12. The van der Waals surface area contributed by atoms with E-state index < -0.39 is 76.6 Å². The molecule has 12 heteroatoms. The first kappa shape index (κ1) is 32.7. The van der Waals surface area contributed by atoms with Crippen molar-refractivity contribution in [2.75, 3.05) is 19.8 Å². The molecule has 1 N–H and O–H groups in total. The number of cyclic esters (lactones) is 1. The van der Waals surface area contributed by atoms with Crippen molar-refractivity contribution in [3.63, 3.8) is 0 Å². The molecule has 1 saturated heterocycles. The van der Waals surface area contributed by atoms with Crippen LogP contribution in [-0.2, 0) is 52.4 Å². The second kappa shape index (κ2) is 12.0. The fourth-order valence-electron chi connectivity index (χ4n) is 7.73. The summed E-state index contributed by atoms with van der Waals surface area (Å²) in [7, 11) is 0. The van der Waals surface area contributed by atoms with E-state index in [0.29, 0.717) is 19.3 Å². The van der Waals surface area contributed by atoms with Crippen molar-refractivity contribution in [2.45, 2.75) is 97.2 Å². The number of carbonyl (C=O) groups excluding carboxylic acids is 5. The van der Waals surface area contributed by atoms with Crippen LogP contribution in [0.5, 0.6) is 0 Å². The Morgan fingerprint density at radius 3 is 2.19 bits per heavy atom. The minimum Gasteiger partial charge on any atom is -0.462 e. The van der Waals surface area contributed by atoms with Gasteiger partial charge in [-0.3, -0.25) is 14.4 Å². The molecule has 1 unspecified atom stereocenters. The Balaban J connectivity index is 1.91. The fourth-order valence-corrected chi connectivity index (χ4v) is 7.73. The lowest BCUT2D eigenvalue weighted by Crippen LogP contribution is -2.74. The molecule has 0 bridgehead atoms. The lowest BCUT2D eigenvalue weighted by Gasteiger charge is -2.65. The van der Waals surface area contributed by atoms with E-state index in [1.54, 1.807) is 0 Å². The van der Waals surface area contributed by atoms with Gasteiger partial charge in [0.05, 0.1) is 23.7 Å². The van der Waals surface area contributed by atoms with Gasteiger partial charge in [-0.1, -0.05) is 20.4 Å². The number of epoxide rings is 1. The van der Waals surface area contributed by atoms with Crippen LogP contribution in [0.15, 0.2) is 23.8 Å². The summed E-state index contributed by atoms with van der Waals surface area (Å²) in [4.78, 5) is 62.3. The first-order chi connectivity index (χ1) is 20.1. The summed E-state index contributed by atoms with van der Waals surface area (Å²) in [6.07, 6.45) is -0.881. The van der Waals surface area contributed by atoms with E-state index in [4.69, 9.17) is 28.4 Å². The smallest absolute Gasteiger partial charge is 0.336 e. The Labute approximate surface area is 251 Å². The minimum absolute atomic E-state index is 0.110. The first-order valence-electron chi connectivity index (χ1n) is 14.6. The molecule has 0 amide bonds. The van der Waals surface area contributed by atoms with Crippen molar-refractivity contribution in [1.82, 2.24) is 0 Å². The molecule has 2 aliphatic heterocycles. The topological polar surface area (TPSA) is 164 Å². The van der Waals surface area contributed by atoms with Crippen molar-refractivity contribution >= 4 is 29.8 Å². The Kier molecular flexibility index (Phi) is 9.14. The van der Waals surface area contributed by atoms with Crippen LogP contribution in [0.2, 0.25) is 0 Å². The molecule has 9 atom stereocenters. The molecule has 2 aliphatic carbocycles. The number of aliphatic hydroxyl groups excluding tert-OH is 1. The third kappa shape index (κ3) is 5.95. The molecule has 12 nitrogen and oxygen atoms in total. The molecular weight excluding hydrogens is 564 g/mol. The van der Waals surface area contributed by atoms with Crippen molar-refractivity contribution in [1.29, 1.82) is 0 Å². The van der Waals surface area contributed by atoms with Gasteiger partial charge >= 0.3 is 29.8 Å². The van der Waals surface area contributed by atoms with Crippen LogP contribution in [0.1, 0.15) is 67.2 Å². The maximum Gasteiger partial charge on any atom is 0.336 e. The molecule has 4 aliphatic rings. The number of hydrogen-bond donors (Lipinski definition) is 1. The quantitative estimate of drug-likeness (QED) is 0.167. The molecule has 1 spiro atoms. The van der Waals surface area contributed by atoms with Gasteiger partial charge in [0.2, 0.25) is 0 Å². The SMILES string of the molecule is C=C(C(=O)OC[C@@]12[C@@H](OC(C)=O)C[C@@H](C)[C@](C)(CCC3=CC(=O)OC3)[C@H]1[C@@H](OC(C)=O)C[C@H](OC(C)=O)[C@]21CO1)C(C)O. The zero-order valence-electron chi connectivity index (χ0n) is 25.6. The highest BCUT2D eigenvalue weighted by molar-refractivity contribution is 5.88. The van der Waals surface area contributed by atoms with Gasteiger partial charge in [-0.15, -0.1) is 0 Å². The Bertz CT molecular complexity index is 1220.